The zero-order valence-corrected chi connectivity index (χ0v) is 13.8. The number of benzene rings is 1. The molecular weight excluding hydrogens is 304 g/mol. The first-order valence-corrected chi connectivity index (χ1v) is 8.57. The molecule has 1 aromatic heterocycles. The van der Waals surface area contributed by atoms with Crippen molar-refractivity contribution in [3.63, 3.8) is 0 Å². The summed E-state index contributed by atoms with van der Waals surface area (Å²) in [6.07, 6.45) is 7.43. The van der Waals surface area contributed by atoms with E-state index in [2.05, 4.69) is 10.2 Å². The lowest BCUT2D eigenvalue weighted by Crippen LogP contribution is -2.48. The van der Waals surface area contributed by atoms with Crippen LogP contribution in [0.4, 0.5) is 0 Å². The fraction of sp³-hybridized carbons (Fsp3) is 0.500. The van der Waals surface area contributed by atoms with Crippen molar-refractivity contribution in [3.05, 3.63) is 42.2 Å². The van der Waals surface area contributed by atoms with E-state index in [0.717, 1.165) is 31.4 Å². The van der Waals surface area contributed by atoms with E-state index in [1.54, 1.807) is 17.2 Å². The number of rotatable bonds is 4. The van der Waals surface area contributed by atoms with Crippen LogP contribution in [0.3, 0.4) is 0 Å². The van der Waals surface area contributed by atoms with E-state index in [1.165, 1.54) is 5.56 Å². The summed E-state index contributed by atoms with van der Waals surface area (Å²) in [6, 6.07) is 8.68. The number of fused-ring (bicyclic) bond motifs is 2. The van der Waals surface area contributed by atoms with Crippen LogP contribution in [-0.4, -0.2) is 44.5 Å². The second-order valence-corrected chi connectivity index (χ2v) is 6.76. The van der Waals surface area contributed by atoms with Crippen molar-refractivity contribution in [2.45, 2.75) is 50.7 Å². The van der Waals surface area contributed by atoms with Crippen LogP contribution < -0.4 is 4.74 Å². The molecule has 126 valence electrons. The molecule has 0 radical (unpaired) electrons. The minimum atomic E-state index is 0.0925. The van der Waals surface area contributed by atoms with Crippen LogP contribution >= 0.6 is 0 Å². The van der Waals surface area contributed by atoms with Gasteiger partial charge < -0.3 is 9.64 Å². The molecule has 2 saturated heterocycles. The van der Waals surface area contributed by atoms with Crippen molar-refractivity contribution in [2.75, 3.05) is 6.61 Å². The highest BCUT2D eigenvalue weighted by atomic mass is 16.5. The first-order chi connectivity index (χ1) is 11.7. The summed E-state index contributed by atoms with van der Waals surface area (Å²) in [5.41, 5.74) is 1.18. The predicted octanol–water partition coefficient (Wildman–Crippen LogP) is 2.36. The van der Waals surface area contributed by atoms with Gasteiger partial charge in [0, 0.05) is 12.1 Å². The van der Waals surface area contributed by atoms with E-state index in [0.29, 0.717) is 6.04 Å². The normalized spacial score (nSPS) is 25.7. The Kier molecular flexibility index (Phi) is 3.96. The maximum Gasteiger partial charge on any atom is 0.261 e. The number of ether oxygens (including phenoxy) is 1. The van der Waals surface area contributed by atoms with Crippen LogP contribution in [0.5, 0.6) is 5.75 Å². The van der Waals surface area contributed by atoms with Crippen molar-refractivity contribution in [1.82, 2.24) is 19.9 Å². The van der Waals surface area contributed by atoms with Gasteiger partial charge in [-0.3, -0.25) is 4.79 Å². The van der Waals surface area contributed by atoms with Crippen LogP contribution in [0.2, 0.25) is 0 Å². The molecule has 0 N–H and O–H groups in total. The third-order valence-electron chi connectivity index (χ3n) is 5.14. The quantitative estimate of drug-likeness (QED) is 0.865. The molecule has 0 saturated carbocycles. The Balaban J connectivity index is 1.38. The molecule has 1 aromatic carbocycles. The summed E-state index contributed by atoms with van der Waals surface area (Å²) in [4.78, 5) is 16.5. The Morgan fingerprint density at radius 3 is 2.33 bits per heavy atom. The van der Waals surface area contributed by atoms with E-state index in [-0.39, 0.29) is 24.6 Å². The zero-order valence-electron chi connectivity index (χ0n) is 13.8. The number of hydrogen-bond donors (Lipinski definition) is 0. The van der Waals surface area contributed by atoms with Crippen LogP contribution in [0.1, 0.15) is 37.3 Å². The highest BCUT2D eigenvalue weighted by Gasteiger charge is 2.44. The van der Waals surface area contributed by atoms with Crippen molar-refractivity contribution in [2.24, 2.45) is 0 Å². The topological polar surface area (TPSA) is 60.2 Å². The molecular formula is C18H22N4O2. The van der Waals surface area contributed by atoms with E-state index < -0.39 is 0 Å². The highest BCUT2D eigenvalue weighted by molar-refractivity contribution is 5.79. The van der Waals surface area contributed by atoms with Crippen molar-refractivity contribution < 1.29 is 9.53 Å². The SMILES string of the molecule is Cc1ccc(OCC(=O)N2C3CCC2CC(n2nccn2)C3)cc1. The molecule has 2 aliphatic heterocycles. The van der Waals surface area contributed by atoms with Gasteiger partial charge >= 0.3 is 0 Å². The molecule has 2 aliphatic rings. The van der Waals surface area contributed by atoms with Crippen LogP contribution in [0.15, 0.2) is 36.7 Å². The summed E-state index contributed by atoms with van der Waals surface area (Å²) in [5, 5.41) is 8.53. The maximum absolute atomic E-state index is 12.7. The molecule has 2 bridgehead atoms. The van der Waals surface area contributed by atoms with E-state index in [4.69, 9.17) is 4.74 Å². The predicted molar refractivity (Wildman–Crippen MR) is 88.6 cm³/mol. The van der Waals surface area contributed by atoms with E-state index in [1.807, 2.05) is 36.1 Å². The number of aryl methyl sites for hydroxylation is 1. The summed E-state index contributed by atoms with van der Waals surface area (Å²) in [7, 11) is 0. The molecule has 2 aromatic rings. The summed E-state index contributed by atoms with van der Waals surface area (Å²) in [5.74, 6) is 0.840. The number of carbonyl (C=O) groups excluding carboxylic acids is 1. The summed E-state index contributed by atoms with van der Waals surface area (Å²) >= 11 is 0. The first kappa shape index (κ1) is 15.2. The number of aromatic nitrogens is 3. The van der Waals surface area contributed by atoms with Crippen molar-refractivity contribution in [3.8, 4) is 5.75 Å². The average molecular weight is 326 g/mol. The monoisotopic (exact) mass is 326 g/mol. The highest BCUT2D eigenvalue weighted by Crippen LogP contribution is 2.40. The van der Waals surface area contributed by atoms with Crippen molar-refractivity contribution >= 4 is 5.91 Å². The number of piperidine rings is 1. The minimum absolute atomic E-state index is 0.0925. The van der Waals surface area contributed by atoms with Gasteiger partial charge in [0.25, 0.3) is 5.91 Å². The average Bonchev–Trinajstić information content (AvgIpc) is 3.21. The fourth-order valence-corrected chi connectivity index (χ4v) is 4.01. The largest absolute Gasteiger partial charge is 0.484 e. The number of amides is 1. The number of nitrogens with zero attached hydrogens (tertiary/aromatic N) is 4. The molecule has 4 rings (SSSR count). The molecule has 6 heteroatoms. The standard InChI is InChI=1S/C18H22N4O2/c1-13-2-6-17(7-3-13)24-12-18(23)21-14-4-5-15(21)11-16(10-14)22-19-8-9-20-22/h2-3,6-9,14-16H,4-5,10-12H2,1H3. The Hall–Kier alpha value is -2.37. The Morgan fingerprint density at radius 2 is 1.71 bits per heavy atom. The van der Waals surface area contributed by atoms with Gasteiger partial charge in [0.1, 0.15) is 5.75 Å². The molecule has 0 aliphatic carbocycles. The fourth-order valence-electron chi connectivity index (χ4n) is 4.01. The van der Waals surface area contributed by atoms with Gasteiger partial charge in [-0.15, -0.1) is 0 Å². The lowest BCUT2D eigenvalue weighted by Gasteiger charge is -2.38. The molecule has 2 atom stereocenters. The molecule has 3 heterocycles. The van der Waals surface area contributed by atoms with Gasteiger partial charge in [-0.05, 0) is 44.7 Å². The second kappa shape index (κ2) is 6.26. The van der Waals surface area contributed by atoms with Gasteiger partial charge in [-0.2, -0.15) is 15.0 Å². The Labute approximate surface area is 141 Å². The van der Waals surface area contributed by atoms with Gasteiger partial charge in [-0.1, -0.05) is 17.7 Å². The minimum Gasteiger partial charge on any atom is -0.484 e. The molecule has 6 nitrogen and oxygen atoms in total. The number of hydrogen-bond acceptors (Lipinski definition) is 4. The maximum atomic E-state index is 12.7. The van der Waals surface area contributed by atoms with Gasteiger partial charge in [-0.25, -0.2) is 0 Å². The smallest absolute Gasteiger partial charge is 0.261 e. The summed E-state index contributed by atoms with van der Waals surface area (Å²) < 4.78 is 5.68. The first-order valence-electron chi connectivity index (χ1n) is 8.57. The molecule has 2 unspecified atom stereocenters. The van der Waals surface area contributed by atoms with E-state index >= 15 is 0 Å². The van der Waals surface area contributed by atoms with Gasteiger partial charge in [0.05, 0.1) is 18.4 Å². The van der Waals surface area contributed by atoms with Crippen molar-refractivity contribution in [1.29, 1.82) is 0 Å². The Morgan fingerprint density at radius 1 is 1.08 bits per heavy atom. The third kappa shape index (κ3) is 2.88. The second-order valence-electron chi connectivity index (χ2n) is 6.76. The zero-order chi connectivity index (χ0) is 16.5. The van der Waals surface area contributed by atoms with Crippen LogP contribution in [0, 0.1) is 6.92 Å². The van der Waals surface area contributed by atoms with Gasteiger partial charge in [0.2, 0.25) is 0 Å². The molecule has 2 fully saturated rings. The Bertz CT molecular complexity index is 684. The molecule has 1 amide bonds. The lowest BCUT2D eigenvalue weighted by atomic mass is 9.98. The van der Waals surface area contributed by atoms with Gasteiger partial charge in [0.15, 0.2) is 6.61 Å². The van der Waals surface area contributed by atoms with E-state index in [9.17, 15) is 4.79 Å². The third-order valence-corrected chi connectivity index (χ3v) is 5.14. The van der Waals surface area contributed by atoms with Crippen LogP contribution in [0.25, 0.3) is 0 Å². The van der Waals surface area contributed by atoms with Crippen LogP contribution in [-0.2, 0) is 4.79 Å². The number of carbonyl (C=O) groups is 1. The lowest BCUT2D eigenvalue weighted by molar-refractivity contribution is -0.138. The molecule has 0 spiro atoms. The summed E-state index contributed by atoms with van der Waals surface area (Å²) in [6.45, 7) is 2.14. The molecule has 24 heavy (non-hydrogen) atoms.